The number of carbonyl (C=O) groups excluding carboxylic acids is 1. The number of aryl methyl sites for hydroxylation is 1. The Kier molecular flexibility index (Phi) is 3.96. The standard InChI is InChI=1S/C16H13ClO/c1-12-2-4-13(5-3-12)6-7-14-8-10-15(11-9-14)16(17)18/h2-11H,1H3/b7-6+. The smallest absolute Gasteiger partial charge is 0.252 e. The van der Waals surface area contributed by atoms with Gasteiger partial charge in [0.2, 0.25) is 0 Å². The predicted octanol–water partition coefficient (Wildman–Crippen LogP) is 4.54. The molecule has 2 aromatic rings. The van der Waals surface area contributed by atoms with E-state index in [9.17, 15) is 4.79 Å². The molecule has 0 aliphatic heterocycles. The molecule has 0 saturated heterocycles. The minimum absolute atomic E-state index is 0.427. The summed E-state index contributed by atoms with van der Waals surface area (Å²) in [6.45, 7) is 2.06. The molecular weight excluding hydrogens is 244 g/mol. The van der Waals surface area contributed by atoms with E-state index in [0.29, 0.717) is 5.56 Å². The molecule has 0 N–H and O–H groups in total. The van der Waals surface area contributed by atoms with Gasteiger partial charge < -0.3 is 0 Å². The fourth-order valence-corrected chi connectivity index (χ4v) is 1.72. The van der Waals surface area contributed by atoms with E-state index in [1.54, 1.807) is 12.1 Å². The molecule has 0 aliphatic carbocycles. The van der Waals surface area contributed by atoms with E-state index in [1.165, 1.54) is 5.56 Å². The molecule has 0 fully saturated rings. The highest BCUT2D eigenvalue weighted by atomic mass is 35.5. The van der Waals surface area contributed by atoms with E-state index < -0.39 is 5.24 Å². The summed E-state index contributed by atoms with van der Waals surface area (Å²) in [4.78, 5) is 10.9. The molecular formula is C16H13ClO. The topological polar surface area (TPSA) is 17.1 Å². The van der Waals surface area contributed by atoms with Crippen LogP contribution in [-0.2, 0) is 0 Å². The van der Waals surface area contributed by atoms with Crippen LogP contribution in [0.4, 0.5) is 0 Å². The highest BCUT2D eigenvalue weighted by molar-refractivity contribution is 6.67. The van der Waals surface area contributed by atoms with Crippen LogP contribution in [0.25, 0.3) is 12.2 Å². The third-order valence-electron chi connectivity index (χ3n) is 2.68. The summed E-state index contributed by atoms with van der Waals surface area (Å²) in [5, 5.41) is -0.427. The molecule has 0 saturated carbocycles. The van der Waals surface area contributed by atoms with Gasteiger partial charge in [0.05, 0.1) is 0 Å². The Morgan fingerprint density at radius 3 is 1.78 bits per heavy atom. The molecule has 0 radical (unpaired) electrons. The van der Waals surface area contributed by atoms with E-state index in [-0.39, 0.29) is 0 Å². The Morgan fingerprint density at radius 1 is 0.889 bits per heavy atom. The van der Waals surface area contributed by atoms with Crippen molar-refractivity contribution in [1.82, 2.24) is 0 Å². The third kappa shape index (κ3) is 3.31. The van der Waals surface area contributed by atoms with Gasteiger partial charge in [0.25, 0.3) is 5.24 Å². The van der Waals surface area contributed by atoms with E-state index in [2.05, 4.69) is 31.2 Å². The number of hydrogen-bond donors (Lipinski definition) is 0. The van der Waals surface area contributed by atoms with Crippen molar-refractivity contribution in [2.75, 3.05) is 0 Å². The summed E-state index contributed by atoms with van der Waals surface area (Å²) in [5.41, 5.74) is 3.96. The van der Waals surface area contributed by atoms with Gasteiger partial charge in [-0.25, -0.2) is 0 Å². The van der Waals surface area contributed by atoms with Crippen LogP contribution in [0.2, 0.25) is 0 Å². The maximum atomic E-state index is 10.9. The van der Waals surface area contributed by atoms with Gasteiger partial charge in [-0.3, -0.25) is 4.79 Å². The monoisotopic (exact) mass is 256 g/mol. The second-order valence-electron chi connectivity index (χ2n) is 4.14. The lowest BCUT2D eigenvalue weighted by Crippen LogP contribution is -1.87. The molecule has 90 valence electrons. The normalized spacial score (nSPS) is 10.8. The Balaban J connectivity index is 2.13. The number of halogens is 1. The van der Waals surface area contributed by atoms with Crippen LogP contribution in [0.5, 0.6) is 0 Å². The maximum absolute atomic E-state index is 10.9. The molecule has 1 nitrogen and oxygen atoms in total. The van der Waals surface area contributed by atoms with Gasteiger partial charge in [0.1, 0.15) is 0 Å². The molecule has 0 atom stereocenters. The first-order valence-electron chi connectivity index (χ1n) is 5.70. The van der Waals surface area contributed by atoms with Crippen LogP contribution in [0.15, 0.2) is 48.5 Å². The van der Waals surface area contributed by atoms with Gasteiger partial charge >= 0.3 is 0 Å². The van der Waals surface area contributed by atoms with E-state index in [0.717, 1.165) is 11.1 Å². The van der Waals surface area contributed by atoms with Gasteiger partial charge in [-0.15, -0.1) is 0 Å². The van der Waals surface area contributed by atoms with Crippen molar-refractivity contribution >= 4 is 29.0 Å². The molecule has 0 bridgehead atoms. The highest BCUT2D eigenvalue weighted by Crippen LogP contribution is 2.11. The summed E-state index contributed by atoms with van der Waals surface area (Å²) in [7, 11) is 0. The van der Waals surface area contributed by atoms with Crippen molar-refractivity contribution in [3.63, 3.8) is 0 Å². The minimum atomic E-state index is -0.427. The van der Waals surface area contributed by atoms with Gasteiger partial charge in [0, 0.05) is 5.56 Å². The first-order chi connectivity index (χ1) is 8.65. The van der Waals surface area contributed by atoms with Gasteiger partial charge in [0.15, 0.2) is 0 Å². The van der Waals surface area contributed by atoms with Crippen molar-refractivity contribution in [2.24, 2.45) is 0 Å². The SMILES string of the molecule is Cc1ccc(/C=C/c2ccc(C(=O)Cl)cc2)cc1. The van der Waals surface area contributed by atoms with Crippen molar-refractivity contribution in [3.8, 4) is 0 Å². The number of hydrogen-bond acceptors (Lipinski definition) is 1. The second-order valence-corrected chi connectivity index (χ2v) is 4.48. The molecule has 0 heterocycles. The van der Waals surface area contributed by atoms with Gasteiger partial charge in [-0.1, -0.05) is 54.1 Å². The molecule has 0 aliphatic rings. The lowest BCUT2D eigenvalue weighted by atomic mass is 10.1. The Bertz CT molecular complexity index is 565. The number of carbonyl (C=O) groups is 1. The van der Waals surface area contributed by atoms with Crippen molar-refractivity contribution < 1.29 is 4.79 Å². The van der Waals surface area contributed by atoms with E-state index >= 15 is 0 Å². The van der Waals surface area contributed by atoms with Crippen LogP contribution in [0.1, 0.15) is 27.0 Å². The molecule has 18 heavy (non-hydrogen) atoms. The fraction of sp³-hybridized carbons (Fsp3) is 0.0625. The predicted molar refractivity (Wildman–Crippen MR) is 76.7 cm³/mol. The van der Waals surface area contributed by atoms with Crippen LogP contribution in [-0.4, -0.2) is 5.24 Å². The summed E-state index contributed by atoms with van der Waals surface area (Å²) < 4.78 is 0. The molecule has 0 aromatic heterocycles. The molecule has 0 amide bonds. The van der Waals surface area contributed by atoms with Crippen LogP contribution >= 0.6 is 11.6 Å². The minimum Gasteiger partial charge on any atom is -0.276 e. The van der Waals surface area contributed by atoms with Crippen LogP contribution in [0.3, 0.4) is 0 Å². The van der Waals surface area contributed by atoms with Gasteiger partial charge in [-0.05, 0) is 41.8 Å². The van der Waals surface area contributed by atoms with Crippen LogP contribution in [0, 0.1) is 6.92 Å². The first-order valence-corrected chi connectivity index (χ1v) is 6.07. The molecule has 2 aromatic carbocycles. The third-order valence-corrected chi connectivity index (χ3v) is 2.90. The van der Waals surface area contributed by atoms with Crippen molar-refractivity contribution in [3.05, 3.63) is 70.8 Å². The Morgan fingerprint density at radius 2 is 1.33 bits per heavy atom. The molecule has 0 unspecified atom stereocenters. The average Bonchev–Trinajstić information content (AvgIpc) is 2.38. The molecule has 2 heteroatoms. The van der Waals surface area contributed by atoms with Crippen molar-refractivity contribution in [1.29, 1.82) is 0 Å². The largest absolute Gasteiger partial charge is 0.276 e. The highest BCUT2D eigenvalue weighted by Gasteiger charge is 1.99. The summed E-state index contributed by atoms with van der Waals surface area (Å²) >= 11 is 5.39. The summed E-state index contributed by atoms with van der Waals surface area (Å²) in [6, 6.07) is 15.5. The summed E-state index contributed by atoms with van der Waals surface area (Å²) in [5.74, 6) is 0. The molecule has 2 rings (SSSR count). The number of rotatable bonds is 3. The van der Waals surface area contributed by atoms with E-state index in [4.69, 9.17) is 11.6 Å². The first kappa shape index (κ1) is 12.6. The fourth-order valence-electron chi connectivity index (χ4n) is 1.60. The van der Waals surface area contributed by atoms with Gasteiger partial charge in [-0.2, -0.15) is 0 Å². The lowest BCUT2D eigenvalue weighted by molar-refractivity contribution is 0.108. The zero-order chi connectivity index (χ0) is 13.0. The zero-order valence-corrected chi connectivity index (χ0v) is 10.8. The summed E-state index contributed by atoms with van der Waals surface area (Å²) in [6.07, 6.45) is 4.05. The Labute approximate surface area is 112 Å². The number of benzene rings is 2. The second kappa shape index (κ2) is 5.65. The lowest BCUT2D eigenvalue weighted by Gasteiger charge is -1.97. The zero-order valence-electron chi connectivity index (χ0n) is 10.1. The quantitative estimate of drug-likeness (QED) is 0.582. The molecule has 0 spiro atoms. The van der Waals surface area contributed by atoms with Crippen molar-refractivity contribution in [2.45, 2.75) is 6.92 Å². The van der Waals surface area contributed by atoms with Crippen LogP contribution < -0.4 is 0 Å². The maximum Gasteiger partial charge on any atom is 0.252 e. The Hall–Kier alpha value is -1.86. The van der Waals surface area contributed by atoms with E-state index in [1.807, 2.05) is 24.3 Å². The average molecular weight is 257 g/mol.